The van der Waals surface area contributed by atoms with Gasteiger partial charge in [0.2, 0.25) is 11.7 Å². The lowest BCUT2D eigenvalue weighted by molar-refractivity contribution is 0.0599. The number of aliphatic hydroxyl groups excluding tert-OH is 1. The van der Waals surface area contributed by atoms with Gasteiger partial charge in [0, 0.05) is 18.1 Å². The van der Waals surface area contributed by atoms with Crippen LogP contribution in [0.1, 0.15) is 11.5 Å². The Bertz CT molecular complexity index is 481. The zero-order chi connectivity index (χ0) is 12.3. The highest BCUT2D eigenvalue weighted by Crippen LogP contribution is 2.24. The summed E-state index contributed by atoms with van der Waals surface area (Å²) >= 11 is 1.60. The van der Waals surface area contributed by atoms with E-state index in [0.29, 0.717) is 18.1 Å². The molecule has 0 aliphatic rings. The molecule has 2 aromatic heterocycles. The van der Waals surface area contributed by atoms with Crippen LogP contribution >= 0.6 is 11.3 Å². The summed E-state index contributed by atoms with van der Waals surface area (Å²) in [7, 11) is 1.54. The Morgan fingerprint density at radius 3 is 3.00 bits per heavy atom. The maximum absolute atomic E-state index is 9.55. The van der Waals surface area contributed by atoms with Gasteiger partial charge in [0.25, 0.3) is 0 Å². The summed E-state index contributed by atoms with van der Waals surface area (Å²) in [5.74, 6) is 0.999. The molecule has 92 valence electrons. The Balaban J connectivity index is 2.09. The van der Waals surface area contributed by atoms with Gasteiger partial charge < -0.3 is 14.4 Å². The van der Waals surface area contributed by atoms with Gasteiger partial charge in [0.05, 0.1) is 19.1 Å². The van der Waals surface area contributed by atoms with E-state index in [0.717, 1.165) is 11.1 Å². The number of methoxy groups -OCH3 is 1. The summed E-state index contributed by atoms with van der Waals surface area (Å²) in [5, 5.41) is 17.5. The van der Waals surface area contributed by atoms with Gasteiger partial charge in [0.15, 0.2) is 0 Å². The van der Waals surface area contributed by atoms with Crippen LogP contribution in [-0.2, 0) is 11.2 Å². The fraction of sp³-hybridized carbons (Fsp3) is 0.455. The highest BCUT2D eigenvalue weighted by Gasteiger charge is 2.14. The minimum Gasteiger partial charge on any atom is -0.390 e. The molecule has 0 aliphatic carbocycles. The number of aliphatic hydroxyl groups is 1. The highest BCUT2D eigenvalue weighted by atomic mass is 32.1. The van der Waals surface area contributed by atoms with Gasteiger partial charge in [-0.3, -0.25) is 0 Å². The smallest absolute Gasteiger partial charge is 0.229 e. The average Bonchev–Trinajstić information content (AvgIpc) is 2.87. The topological polar surface area (TPSA) is 68.4 Å². The van der Waals surface area contributed by atoms with Crippen LogP contribution in [0.15, 0.2) is 15.3 Å². The number of thiophene rings is 1. The van der Waals surface area contributed by atoms with Crippen molar-refractivity contribution in [2.75, 3.05) is 13.7 Å². The van der Waals surface area contributed by atoms with Crippen LogP contribution in [0.5, 0.6) is 0 Å². The van der Waals surface area contributed by atoms with Crippen molar-refractivity contribution in [2.24, 2.45) is 0 Å². The third-order valence-corrected chi connectivity index (χ3v) is 3.20. The molecule has 0 aliphatic heterocycles. The zero-order valence-electron chi connectivity index (χ0n) is 9.71. The first-order chi connectivity index (χ1) is 8.20. The molecular formula is C11H14N2O3S. The Hall–Kier alpha value is -1.24. The van der Waals surface area contributed by atoms with E-state index in [2.05, 4.69) is 10.1 Å². The lowest BCUT2D eigenvalue weighted by Crippen LogP contribution is -2.17. The number of aryl methyl sites for hydroxylation is 1. The summed E-state index contributed by atoms with van der Waals surface area (Å²) in [6, 6.07) is 0. The molecule has 0 radical (unpaired) electrons. The molecule has 0 bridgehead atoms. The number of aromatic nitrogens is 2. The van der Waals surface area contributed by atoms with Crippen molar-refractivity contribution in [2.45, 2.75) is 19.4 Å². The molecule has 0 saturated carbocycles. The molecule has 1 atom stereocenters. The third-order valence-electron chi connectivity index (χ3n) is 2.33. The molecule has 1 unspecified atom stereocenters. The van der Waals surface area contributed by atoms with Crippen LogP contribution in [-0.4, -0.2) is 35.1 Å². The van der Waals surface area contributed by atoms with E-state index in [9.17, 15) is 5.11 Å². The molecule has 1 N–H and O–H groups in total. The fourth-order valence-electron chi connectivity index (χ4n) is 1.49. The van der Waals surface area contributed by atoms with Crippen LogP contribution in [0.3, 0.4) is 0 Å². The van der Waals surface area contributed by atoms with E-state index >= 15 is 0 Å². The van der Waals surface area contributed by atoms with Crippen molar-refractivity contribution in [3.05, 3.63) is 22.2 Å². The Morgan fingerprint density at radius 2 is 2.35 bits per heavy atom. The highest BCUT2D eigenvalue weighted by molar-refractivity contribution is 7.08. The number of hydrogen-bond acceptors (Lipinski definition) is 6. The summed E-state index contributed by atoms with van der Waals surface area (Å²) in [6.07, 6.45) is -0.304. The molecular weight excluding hydrogens is 240 g/mol. The van der Waals surface area contributed by atoms with E-state index in [1.165, 1.54) is 7.11 Å². The van der Waals surface area contributed by atoms with Crippen LogP contribution < -0.4 is 0 Å². The molecule has 5 nitrogen and oxygen atoms in total. The monoisotopic (exact) mass is 254 g/mol. The van der Waals surface area contributed by atoms with Crippen molar-refractivity contribution >= 4 is 11.3 Å². The Labute approximate surface area is 103 Å². The minimum absolute atomic E-state index is 0.259. The molecule has 0 spiro atoms. The van der Waals surface area contributed by atoms with E-state index in [-0.39, 0.29) is 6.61 Å². The summed E-state index contributed by atoms with van der Waals surface area (Å²) in [5.41, 5.74) is 2.10. The lowest BCUT2D eigenvalue weighted by atomic mass is 10.2. The first-order valence-electron chi connectivity index (χ1n) is 5.23. The molecule has 2 heterocycles. The van der Waals surface area contributed by atoms with E-state index < -0.39 is 6.10 Å². The minimum atomic E-state index is -0.614. The number of rotatable bonds is 5. The Morgan fingerprint density at radius 1 is 1.53 bits per heavy atom. The molecule has 6 heteroatoms. The second-order valence-corrected chi connectivity index (χ2v) is 4.54. The largest absolute Gasteiger partial charge is 0.390 e. The van der Waals surface area contributed by atoms with Gasteiger partial charge in [-0.25, -0.2) is 0 Å². The molecule has 2 rings (SSSR count). The fourth-order valence-corrected chi connectivity index (χ4v) is 2.32. The lowest BCUT2D eigenvalue weighted by Gasteiger charge is -2.04. The maximum atomic E-state index is 9.55. The van der Waals surface area contributed by atoms with Gasteiger partial charge in [-0.15, -0.1) is 0 Å². The van der Waals surface area contributed by atoms with Gasteiger partial charge in [-0.1, -0.05) is 5.16 Å². The first-order valence-corrected chi connectivity index (χ1v) is 6.17. The zero-order valence-corrected chi connectivity index (χ0v) is 10.5. The first kappa shape index (κ1) is 12.2. The van der Waals surface area contributed by atoms with Gasteiger partial charge in [0.1, 0.15) is 0 Å². The normalized spacial score (nSPS) is 12.9. The van der Waals surface area contributed by atoms with Crippen molar-refractivity contribution in [3.63, 3.8) is 0 Å². The van der Waals surface area contributed by atoms with Crippen molar-refractivity contribution in [1.29, 1.82) is 0 Å². The SMILES string of the molecule is COCC(O)Cc1nc(-c2cscc2C)no1. The molecule has 0 aromatic carbocycles. The maximum Gasteiger partial charge on any atom is 0.229 e. The van der Waals surface area contributed by atoms with E-state index in [1.54, 1.807) is 11.3 Å². The quantitative estimate of drug-likeness (QED) is 0.878. The van der Waals surface area contributed by atoms with E-state index in [4.69, 9.17) is 9.26 Å². The second-order valence-electron chi connectivity index (χ2n) is 3.79. The molecule has 0 saturated heterocycles. The predicted molar refractivity (Wildman–Crippen MR) is 63.9 cm³/mol. The van der Waals surface area contributed by atoms with Crippen LogP contribution in [0.25, 0.3) is 11.4 Å². The van der Waals surface area contributed by atoms with Gasteiger partial charge in [-0.05, 0) is 17.9 Å². The summed E-state index contributed by atoms with van der Waals surface area (Å²) in [4.78, 5) is 4.25. The summed E-state index contributed by atoms with van der Waals surface area (Å²) in [6.45, 7) is 2.26. The van der Waals surface area contributed by atoms with Crippen molar-refractivity contribution in [3.8, 4) is 11.4 Å². The average molecular weight is 254 g/mol. The molecule has 0 fully saturated rings. The Kier molecular flexibility index (Phi) is 3.88. The third kappa shape index (κ3) is 2.91. The van der Waals surface area contributed by atoms with Crippen LogP contribution in [0.2, 0.25) is 0 Å². The number of nitrogens with zero attached hydrogens (tertiary/aromatic N) is 2. The molecule has 2 aromatic rings. The second kappa shape index (κ2) is 5.39. The number of hydrogen-bond donors (Lipinski definition) is 1. The molecule has 17 heavy (non-hydrogen) atoms. The van der Waals surface area contributed by atoms with Gasteiger partial charge in [-0.2, -0.15) is 16.3 Å². The van der Waals surface area contributed by atoms with Crippen molar-refractivity contribution in [1.82, 2.24) is 10.1 Å². The van der Waals surface area contributed by atoms with Gasteiger partial charge >= 0.3 is 0 Å². The van der Waals surface area contributed by atoms with Crippen molar-refractivity contribution < 1.29 is 14.4 Å². The predicted octanol–water partition coefficient (Wildman–Crippen LogP) is 1.66. The van der Waals surface area contributed by atoms with Crippen LogP contribution in [0.4, 0.5) is 0 Å². The van der Waals surface area contributed by atoms with Crippen LogP contribution in [0, 0.1) is 6.92 Å². The standard InChI is InChI=1S/C11H14N2O3S/c1-7-5-17-6-9(7)11-12-10(16-13-11)3-8(14)4-15-2/h5-6,8,14H,3-4H2,1-2H3. The van der Waals surface area contributed by atoms with E-state index in [1.807, 2.05) is 17.7 Å². The summed E-state index contributed by atoms with van der Waals surface area (Å²) < 4.78 is 9.92. The number of ether oxygens (including phenoxy) is 1. The molecule has 0 amide bonds.